The molecule has 0 fully saturated rings. The van der Waals surface area contributed by atoms with Crippen molar-refractivity contribution < 1.29 is 37.0 Å². The number of aromatic nitrogens is 2. The number of ether oxygens (including phenoxy) is 1. The lowest BCUT2D eigenvalue weighted by molar-refractivity contribution is -0.192. The fraction of sp³-hybridized carbons (Fsp3) is 0.474. The Hall–Kier alpha value is -3.35. The second kappa shape index (κ2) is 10.3. The van der Waals surface area contributed by atoms with Crippen LogP contribution in [0.25, 0.3) is 0 Å². The first kappa shape index (κ1) is 26.7. The topological polar surface area (TPSA) is 144 Å². The number of H-pyrrole nitrogens is 1. The SMILES string of the molecule is COC(=O)c1oc(CNCc2cn(C(C)(C)C)c(=O)[nH]c2=O)cc1C.O=C(O)C(F)(F)F. The molecule has 3 N–H and O–H groups in total. The van der Waals surface area contributed by atoms with Crippen LogP contribution in [-0.2, 0) is 28.2 Å². The molecule has 178 valence electrons. The van der Waals surface area contributed by atoms with E-state index in [1.807, 2.05) is 20.8 Å². The van der Waals surface area contributed by atoms with E-state index in [-0.39, 0.29) is 12.3 Å². The van der Waals surface area contributed by atoms with Gasteiger partial charge in [-0.1, -0.05) is 0 Å². The number of furan rings is 1. The molecule has 0 aliphatic rings. The molecule has 0 aromatic carbocycles. The number of carboxylic acid groups (broad SMARTS) is 1. The van der Waals surface area contributed by atoms with Gasteiger partial charge in [-0.2, -0.15) is 13.2 Å². The monoisotopic (exact) mass is 463 g/mol. The Balaban J connectivity index is 0.000000633. The van der Waals surface area contributed by atoms with Crippen LogP contribution in [0.15, 0.2) is 26.3 Å². The highest BCUT2D eigenvalue weighted by Crippen LogP contribution is 2.16. The summed E-state index contributed by atoms with van der Waals surface area (Å²) in [5.74, 6) is -2.57. The molecule has 2 aromatic rings. The second-order valence-electron chi connectivity index (χ2n) is 7.58. The van der Waals surface area contributed by atoms with Gasteiger partial charge >= 0.3 is 23.8 Å². The van der Waals surface area contributed by atoms with Gasteiger partial charge in [-0.3, -0.25) is 14.3 Å². The number of methoxy groups -OCH3 is 1. The van der Waals surface area contributed by atoms with Crippen LogP contribution < -0.4 is 16.6 Å². The lowest BCUT2D eigenvalue weighted by Gasteiger charge is -2.22. The average Bonchev–Trinajstić information content (AvgIpc) is 3.02. The van der Waals surface area contributed by atoms with Crippen molar-refractivity contribution in [2.24, 2.45) is 0 Å². The van der Waals surface area contributed by atoms with Gasteiger partial charge < -0.3 is 19.6 Å². The molecule has 0 unspecified atom stereocenters. The lowest BCUT2D eigenvalue weighted by Crippen LogP contribution is -2.40. The average molecular weight is 463 g/mol. The summed E-state index contributed by atoms with van der Waals surface area (Å²) in [6, 6.07) is 1.74. The number of alkyl halides is 3. The molecule has 0 saturated carbocycles. The van der Waals surface area contributed by atoms with Gasteiger partial charge in [-0.05, 0) is 33.8 Å². The summed E-state index contributed by atoms with van der Waals surface area (Å²) in [6.45, 7) is 7.96. The van der Waals surface area contributed by atoms with E-state index in [9.17, 15) is 27.6 Å². The highest BCUT2D eigenvalue weighted by atomic mass is 19.4. The Bertz CT molecular complexity index is 1080. The second-order valence-corrected chi connectivity index (χ2v) is 7.58. The van der Waals surface area contributed by atoms with Crippen molar-refractivity contribution in [2.45, 2.75) is 52.5 Å². The molecule has 0 aliphatic heterocycles. The minimum absolute atomic E-state index is 0.165. The molecule has 0 spiro atoms. The van der Waals surface area contributed by atoms with E-state index in [1.54, 1.807) is 19.2 Å². The number of aromatic amines is 1. The molecular weight excluding hydrogens is 439 g/mol. The highest BCUT2D eigenvalue weighted by molar-refractivity contribution is 5.87. The van der Waals surface area contributed by atoms with Gasteiger partial charge in [0.25, 0.3) is 5.56 Å². The number of carboxylic acids is 1. The maximum absolute atomic E-state index is 12.0. The third kappa shape index (κ3) is 7.41. The van der Waals surface area contributed by atoms with Crippen LogP contribution in [-0.4, -0.2) is 39.9 Å². The number of carbonyl (C=O) groups is 2. The molecule has 0 amide bonds. The van der Waals surface area contributed by atoms with Crippen LogP contribution in [0.5, 0.6) is 0 Å². The molecule has 2 heterocycles. The highest BCUT2D eigenvalue weighted by Gasteiger charge is 2.38. The summed E-state index contributed by atoms with van der Waals surface area (Å²) in [4.78, 5) is 46.6. The molecule has 0 radical (unpaired) electrons. The Kier molecular flexibility index (Phi) is 8.59. The van der Waals surface area contributed by atoms with Crippen LogP contribution >= 0.6 is 0 Å². The molecule has 2 aromatic heterocycles. The normalized spacial score (nSPS) is 11.5. The predicted molar refractivity (Wildman–Crippen MR) is 105 cm³/mol. The summed E-state index contributed by atoms with van der Waals surface area (Å²) in [6.07, 6.45) is -3.53. The van der Waals surface area contributed by atoms with Crippen molar-refractivity contribution in [2.75, 3.05) is 7.11 Å². The molecule has 32 heavy (non-hydrogen) atoms. The van der Waals surface area contributed by atoms with E-state index in [1.165, 1.54) is 11.7 Å². The minimum Gasteiger partial charge on any atom is -0.475 e. The number of rotatable bonds is 5. The van der Waals surface area contributed by atoms with E-state index in [0.717, 1.165) is 0 Å². The Morgan fingerprint density at radius 3 is 2.25 bits per heavy atom. The Morgan fingerprint density at radius 1 is 1.22 bits per heavy atom. The van der Waals surface area contributed by atoms with E-state index in [2.05, 4.69) is 15.0 Å². The van der Waals surface area contributed by atoms with E-state index < -0.39 is 34.9 Å². The van der Waals surface area contributed by atoms with Crippen LogP contribution in [0.2, 0.25) is 0 Å². The minimum atomic E-state index is -5.08. The third-order valence-electron chi connectivity index (χ3n) is 3.94. The smallest absolute Gasteiger partial charge is 0.475 e. The fourth-order valence-electron chi connectivity index (χ4n) is 2.39. The first-order valence-electron chi connectivity index (χ1n) is 9.11. The van der Waals surface area contributed by atoms with Crippen molar-refractivity contribution >= 4 is 11.9 Å². The zero-order valence-corrected chi connectivity index (χ0v) is 18.0. The van der Waals surface area contributed by atoms with Gasteiger partial charge in [0.05, 0.1) is 13.7 Å². The number of halogens is 3. The summed E-state index contributed by atoms with van der Waals surface area (Å²) in [7, 11) is 1.29. The van der Waals surface area contributed by atoms with Crippen molar-refractivity contribution in [1.29, 1.82) is 0 Å². The van der Waals surface area contributed by atoms with E-state index in [0.29, 0.717) is 23.4 Å². The van der Waals surface area contributed by atoms with Crippen LogP contribution in [0, 0.1) is 6.92 Å². The quantitative estimate of drug-likeness (QED) is 0.571. The maximum atomic E-state index is 12.0. The van der Waals surface area contributed by atoms with Crippen molar-refractivity contribution in [3.8, 4) is 0 Å². The Morgan fingerprint density at radius 2 is 1.78 bits per heavy atom. The molecule has 0 atom stereocenters. The number of carbonyl (C=O) groups excluding carboxylic acids is 1. The number of aryl methyl sites for hydroxylation is 1. The maximum Gasteiger partial charge on any atom is 0.490 e. The molecule has 10 nitrogen and oxygen atoms in total. The predicted octanol–water partition coefficient (Wildman–Crippen LogP) is 1.90. The fourth-order valence-corrected chi connectivity index (χ4v) is 2.39. The third-order valence-corrected chi connectivity index (χ3v) is 3.94. The van der Waals surface area contributed by atoms with Crippen LogP contribution in [0.4, 0.5) is 13.2 Å². The first-order chi connectivity index (χ1) is 14.6. The van der Waals surface area contributed by atoms with Gasteiger partial charge in [0.1, 0.15) is 5.76 Å². The van der Waals surface area contributed by atoms with Gasteiger partial charge in [0.2, 0.25) is 5.76 Å². The molecule has 0 saturated heterocycles. The standard InChI is InChI=1S/C17H23N3O5.C2HF3O2/c1-10-6-12(25-13(10)15(22)24-5)8-18-7-11-9-20(17(2,3)4)16(23)19-14(11)21;3-2(4,5)1(6)7/h6,9,18H,7-8H2,1-5H3,(H,19,21,23);(H,6,7). The van der Waals surface area contributed by atoms with Gasteiger partial charge in [0.15, 0.2) is 0 Å². The molecule has 13 heteroatoms. The summed E-state index contributed by atoms with van der Waals surface area (Å²) < 4.78 is 43.3. The van der Waals surface area contributed by atoms with Gasteiger partial charge in [-0.15, -0.1) is 0 Å². The van der Waals surface area contributed by atoms with Crippen LogP contribution in [0.3, 0.4) is 0 Å². The number of hydrogen-bond acceptors (Lipinski definition) is 7. The number of esters is 1. The van der Waals surface area contributed by atoms with E-state index in [4.69, 9.17) is 14.3 Å². The lowest BCUT2D eigenvalue weighted by atomic mass is 10.1. The van der Waals surface area contributed by atoms with E-state index >= 15 is 0 Å². The number of nitrogens with zero attached hydrogens (tertiary/aromatic N) is 1. The van der Waals surface area contributed by atoms with Crippen molar-refractivity contribution in [3.05, 3.63) is 55.7 Å². The van der Waals surface area contributed by atoms with Crippen molar-refractivity contribution in [1.82, 2.24) is 14.9 Å². The summed E-state index contributed by atoms with van der Waals surface area (Å²) >= 11 is 0. The molecule has 2 rings (SSSR count). The number of aliphatic carboxylic acids is 1. The van der Waals surface area contributed by atoms with Gasteiger partial charge in [0, 0.05) is 29.4 Å². The zero-order valence-electron chi connectivity index (χ0n) is 18.0. The Labute approximate surface area is 180 Å². The molecule has 0 bridgehead atoms. The zero-order chi connectivity index (χ0) is 24.9. The molecular formula is C19H24F3N3O7. The largest absolute Gasteiger partial charge is 0.490 e. The van der Waals surface area contributed by atoms with Gasteiger partial charge in [-0.25, -0.2) is 14.4 Å². The van der Waals surface area contributed by atoms with Crippen LogP contribution in [0.1, 0.15) is 48.2 Å². The summed E-state index contributed by atoms with van der Waals surface area (Å²) in [5, 5.41) is 10.2. The first-order valence-corrected chi connectivity index (χ1v) is 9.11. The number of nitrogens with one attached hydrogen (secondary N) is 2. The number of hydrogen-bond donors (Lipinski definition) is 3. The summed E-state index contributed by atoms with van der Waals surface area (Å²) in [5.41, 5.74) is -0.188. The van der Waals surface area contributed by atoms with Crippen molar-refractivity contribution in [3.63, 3.8) is 0 Å². The molecule has 0 aliphatic carbocycles.